The molecule has 0 saturated heterocycles. The average molecular weight is 192 g/mol. The summed E-state index contributed by atoms with van der Waals surface area (Å²) in [6.07, 6.45) is 1.49. The van der Waals surface area contributed by atoms with Gasteiger partial charge in [-0.3, -0.25) is 0 Å². The summed E-state index contributed by atoms with van der Waals surface area (Å²) in [5.74, 6) is 1.51. The van der Waals surface area contributed by atoms with Gasteiger partial charge in [-0.2, -0.15) is 0 Å². The van der Waals surface area contributed by atoms with E-state index in [1.807, 2.05) is 30.3 Å². The van der Waals surface area contributed by atoms with Gasteiger partial charge in [0.05, 0.1) is 7.11 Å². The summed E-state index contributed by atoms with van der Waals surface area (Å²) in [5, 5.41) is 0. The molecule has 0 spiro atoms. The van der Waals surface area contributed by atoms with Gasteiger partial charge in [0.15, 0.2) is 5.76 Å². The number of rotatable bonds is 2. The van der Waals surface area contributed by atoms with Crippen LogP contribution in [0.25, 0.3) is 6.08 Å². The standard InChI is InChI=1S/C11H12O3/c1-12-10-7-8-5-3-4-6-9(8)14-11(10)13-2/h3-7,11H,1-2H3. The zero-order valence-corrected chi connectivity index (χ0v) is 8.19. The van der Waals surface area contributed by atoms with Crippen molar-refractivity contribution in [2.45, 2.75) is 6.29 Å². The predicted molar refractivity (Wildman–Crippen MR) is 52.9 cm³/mol. The number of para-hydroxylation sites is 1. The van der Waals surface area contributed by atoms with E-state index in [2.05, 4.69) is 0 Å². The average Bonchev–Trinajstić information content (AvgIpc) is 2.27. The lowest BCUT2D eigenvalue weighted by Crippen LogP contribution is -2.25. The SMILES string of the molecule is COC1=Cc2ccccc2OC1OC. The molecule has 1 aromatic carbocycles. The van der Waals surface area contributed by atoms with Gasteiger partial charge in [0.2, 0.25) is 0 Å². The Kier molecular flexibility index (Phi) is 2.41. The third-order valence-corrected chi connectivity index (χ3v) is 2.13. The summed E-state index contributed by atoms with van der Waals surface area (Å²) < 4.78 is 15.9. The minimum absolute atomic E-state index is 0.435. The number of hydrogen-bond donors (Lipinski definition) is 0. The molecule has 0 saturated carbocycles. The number of methoxy groups -OCH3 is 2. The maximum absolute atomic E-state index is 5.57. The zero-order valence-electron chi connectivity index (χ0n) is 8.19. The molecule has 2 rings (SSSR count). The van der Waals surface area contributed by atoms with Crippen LogP contribution in [0.1, 0.15) is 5.56 Å². The number of fused-ring (bicyclic) bond motifs is 1. The van der Waals surface area contributed by atoms with E-state index in [4.69, 9.17) is 14.2 Å². The van der Waals surface area contributed by atoms with Gasteiger partial charge < -0.3 is 14.2 Å². The number of benzene rings is 1. The number of ether oxygens (including phenoxy) is 3. The molecule has 3 heteroatoms. The van der Waals surface area contributed by atoms with Crippen LogP contribution in [-0.2, 0) is 9.47 Å². The molecular weight excluding hydrogens is 180 g/mol. The van der Waals surface area contributed by atoms with Crippen molar-refractivity contribution in [3.05, 3.63) is 35.6 Å². The first-order valence-electron chi connectivity index (χ1n) is 4.39. The number of hydrogen-bond acceptors (Lipinski definition) is 3. The van der Waals surface area contributed by atoms with E-state index < -0.39 is 6.29 Å². The van der Waals surface area contributed by atoms with Crippen molar-refractivity contribution in [2.75, 3.05) is 14.2 Å². The topological polar surface area (TPSA) is 27.7 Å². The summed E-state index contributed by atoms with van der Waals surface area (Å²) >= 11 is 0. The van der Waals surface area contributed by atoms with Crippen molar-refractivity contribution >= 4 is 6.08 Å². The molecule has 1 heterocycles. The van der Waals surface area contributed by atoms with Gasteiger partial charge in [-0.15, -0.1) is 0 Å². The summed E-state index contributed by atoms with van der Waals surface area (Å²) in [6.45, 7) is 0. The van der Waals surface area contributed by atoms with Crippen LogP contribution in [0.5, 0.6) is 5.75 Å². The largest absolute Gasteiger partial charge is 0.494 e. The van der Waals surface area contributed by atoms with E-state index >= 15 is 0 Å². The van der Waals surface area contributed by atoms with Crippen LogP contribution in [-0.4, -0.2) is 20.5 Å². The highest BCUT2D eigenvalue weighted by Gasteiger charge is 2.22. The minimum Gasteiger partial charge on any atom is -0.494 e. The normalized spacial score (nSPS) is 19.3. The first kappa shape index (κ1) is 9.09. The van der Waals surface area contributed by atoms with Crippen molar-refractivity contribution in [3.63, 3.8) is 0 Å². The van der Waals surface area contributed by atoms with Crippen molar-refractivity contribution < 1.29 is 14.2 Å². The summed E-state index contributed by atoms with van der Waals surface area (Å²) in [7, 11) is 3.20. The lowest BCUT2D eigenvalue weighted by molar-refractivity contribution is -0.0574. The summed E-state index contributed by atoms with van der Waals surface area (Å²) in [5.41, 5.74) is 1.01. The van der Waals surface area contributed by atoms with E-state index in [0.29, 0.717) is 5.76 Å². The van der Waals surface area contributed by atoms with Crippen LogP contribution in [0.2, 0.25) is 0 Å². The van der Waals surface area contributed by atoms with Gasteiger partial charge in [0.1, 0.15) is 5.75 Å². The molecule has 1 aromatic rings. The molecule has 1 aliphatic heterocycles. The third kappa shape index (κ3) is 1.46. The Bertz CT molecular complexity index is 357. The second kappa shape index (κ2) is 3.72. The van der Waals surface area contributed by atoms with Gasteiger partial charge in [-0.05, 0) is 12.1 Å². The van der Waals surface area contributed by atoms with Crippen LogP contribution < -0.4 is 4.74 Å². The molecule has 1 unspecified atom stereocenters. The van der Waals surface area contributed by atoms with Gasteiger partial charge in [-0.1, -0.05) is 18.2 Å². The van der Waals surface area contributed by atoms with Crippen LogP contribution in [0, 0.1) is 0 Å². The molecule has 0 bridgehead atoms. The lowest BCUT2D eigenvalue weighted by atomic mass is 10.1. The van der Waals surface area contributed by atoms with E-state index in [9.17, 15) is 0 Å². The smallest absolute Gasteiger partial charge is 0.258 e. The molecule has 0 radical (unpaired) electrons. The van der Waals surface area contributed by atoms with Gasteiger partial charge >= 0.3 is 0 Å². The molecule has 0 amide bonds. The fourth-order valence-corrected chi connectivity index (χ4v) is 1.42. The second-order valence-corrected chi connectivity index (χ2v) is 2.97. The Balaban J connectivity index is 2.39. The fourth-order valence-electron chi connectivity index (χ4n) is 1.42. The van der Waals surface area contributed by atoms with Gasteiger partial charge in [0, 0.05) is 12.7 Å². The molecule has 0 aromatic heterocycles. The van der Waals surface area contributed by atoms with Crippen molar-refractivity contribution in [1.82, 2.24) is 0 Å². The summed E-state index contributed by atoms with van der Waals surface area (Å²) in [6, 6.07) is 7.76. The minimum atomic E-state index is -0.435. The first-order chi connectivity index (χ1) is 6.85. The quantitative estimate of drug-likeness (QED) is 0.717. The molecule has 1 aliphatic rings. The maximum Gasteiger partial charge on any atom is 0.258 e. The zero-order chi connectivity index (χ0) is 9.97. The Labute approximate surface area is 82.9 Å². The fraction of sp³-hybridized carbons (Fsp3) is 0.273. The predicted octanol–water partition coefficient (Wildman–Crippen LogP) is 2.04. The second-order valence-electron chi connectivity index (χ2n) is 2.97. The third-order valence-electron chi connectivity index (χ3n) is 2.13. The molecule has 14 heavy (non-hydrogen) atoms. The lowest BCUT2D eigenvalue weighted by Gasteiger charge is -2.24. The molecule has 3 nitrogen and oxygen atoms in total. The van der Waals surface area contributed by atoms with E-state index in [1.165, 1.54) is 0 Å². The van der Waals surface area contributed by atoms with Gasteiger partial charge in [-0.25, -0.2) is 0 Å². The first-order valence-corrected chi connectivity index (χ1v) is 4.39. The molecule has 0 aliphatic carbocycles. The van der Waals surface area contributed by atoms with E-state index in [0.717, 1.165) is 11.3 Å². The van der Waals surface area contributed by atoms with Crippen LogP contribution >= 0.6 is 0 Å². The highest BCUT2D eigenvalue weighted by atomic mass is 16.7. The Morgan fingerprint density at radius 1 is 1.21 bits per heavy atom. The summed E-state index contributed by atoms with van der Waals surface area (Å²) in [4.78, 5) is 0. The van der Waals surface area contributed by atoms with E-state index in [1.54, 1.807) is 14.2 Å². The molecule has 74 valence electrons. The Morgan fingerprint density at radius 3 is 2.71 bits per heavy atom. The Hall–Kier alpha value is -1.48. The molecule has 0 N–H and O–H groups in total. The molecule has 1 atom stereocenters. The monoisotopic (exact) mass is 192 g/mol. The highest BCUT2D eigenvalue weighted by Crippen LogP contribution is 2.29. The molecular formula is C11H12O3. The van der Waals surface area contributed by atoms with Crippen molar-refractivity contribution in [2.24, 2.45) is 0 Å². The van der Waals surface area contributed by atoms with Crippen LogP contribution in [0.15, 0.2) is 30.0 Å². The van der Waals surface area contributed by atoms with E-state index in [-0.39, 0.29) is 0 Å². The van der Waals surface area contributed by atoms with Crippen LogP contribution in [0.3, 0.4) is 0 Å². The van der Waals surface area contributed by atoms with Gasteiger partial charge in [0.25, 0.3) is 6.29 Å². The van der Waals surface area contributed by atoms with Crippen LogP contribution in [0.4, 0.5) is 0 Å². The molecule has 0 fully saturated rings. The maximum atomic E-state index is 5.57. The van der Waals surface area contributed by atoms with Crippen molar-refractivity contribution in [3.8, 4) is 5.75 Å². The van der Waals surface area contributed by atoms with Crippen molar-refractivity contribution in [1.29, 1.82) is 0 Å². The Morgan fingerprint density at radius 2 is 2.00 bits per heavy atom. The highest BCUT2D eigenvalue weighted by molar-refractivity contribution is 5.61.